The molecule has 0 saturated carbocycles. The number of rotatable bonds is 3. The van der Waals surface area contributed by atoms with Crippen LogP contribution in [0.1, 0.15) is 25.3 Å². The van der Waals surface area contributed by atoms with Crippen molar-refractivity contribution >= 4 is 11.6 Å². The molecule has 0 radical (unpaired) electrons. The Kier molecular flexibility index (Phi) is 4.40. The van der Waals surface area contributed by atoms with E-state index in [-0.39, 0.29) is 18.4 Å². The summed E-state index contributed by atoms with van der Waals surface area (Å²) < 4.78 is 0. The topological polar surface area (TPSA) is 56.1 Å². The van der Waals surface area contributed by atoms with Crippen LogP contribution >= 0.6 is 0 Å². The first kappa shape index (κ1) is 13.4. The number of benzene rings is 1. The summed E-state index contributed by atoms with van der Waals surface area (Å²) in [4.78, 5) is 14.1. The summed E-state index contributed by atoms with van der Waals surface area (Å²) in [6.45, 7) is 3.60. The summed E-state index contributed by atoms with van der Waals surface area (Å²) in [7, 11) is 0. The first-order valence-electron chi connectivity index (χ1n) is 6.76. The van der Waals surface area contributed by atoms with Gasteiger partial charge in [0.05, 0.1) is 12.5 Å². The Morgan fingerprint density at radius 3 is 2.79 bits per heavy atom. The Labute approximate surface area is 114 Å². The monoisotopic (exact) mass is 257 g/mol. The maximum atomic E-state index is 12.0. The summed E-state index contributed by atoms with van der Waals surface area (Å²) in [6, 6.07) is 10.00. The third kappa shape index (κ3) is 3.05. The highest BCUT2D eigenvalue weighted by Gasteiger charge is 2.27. The lowest BCUT2D eigenvalue weighted by Gasteiger charge is -2.29. The van der Waals surface area contributed by atoms with Crippen LogP contribution in [0.5, 0.6) is 0 Å². The van der Waals surface area contributed by atoms with Crippen LogP contribution in [0.4, 0.5) is 5.69 Å². The van der Waals surface area contributed by atoms with Crippen molar-refractivity contribution in [1.82, 2.24) is 5.32 Å². The van der Waals surface area contributed by atoms with E-state index in [2.05, 4.69) is 30.4 Å². The van der Waals surface area contributed by atoms with Gasteiger partial charge in [-0.1, -0.05) is 19.1 Å². The van der Waals surface area contributed by atoms with Crippen LogP contribution in [0, 0.1) is 11.3 Å². The molecule has 4 nitrogen and oxygen atoms in total. The molecule has 1 fully saturated rings. The van der Waals surface area contributed by atoms with Crippen LogP contribution in [0.2, 0.25) is 0 Å². The number of nitrogens with zero attached hydrogens (tertiary/aromatic N) is 2. The van der Waals surface area contributed by atoms with E-state index in [4.69, 9.17) is 5.26 Å². The third-order valence-electron chi connectivity index (χ3n) is 3.51. The van der Waals surface area contributed by atoms with Crippen molar-refractivity contribution in [2.75, 3.05) is 18.0 Å². The second-order valence-electron chi connectivity index (χ2n) is 4.74. The molecule has 19 heavy (non-hydrogen) atoms. The van der Waals surface area contributed by atoms with Crippen LogP contribution < -0.4 is 10.2 Å². The van der Waals surface area contributed by atoms with E-state index >= 15 is 0 Å². The molecule has 1 atom stereocenters. The number of nitriles is 1. The van der Waals surface area contributed by atoms with Gasteiger partial charge in [-0.3, -0.25) is 4.79 Å². The second kappa shape index (κ2) is 6.24. The summed E-state index contributed by atoms with van der Waals surface area (Å²) in [5.74, 6) is -0.0429. The number of hydrogen-bond donors (Lipinski definition) is 1. The number of anilines is 1. The van der Waals surface area contributed by atoms with Gasteiger partial charge < -0.3 is 10.2 Å². The number of hydrogen-bond acceptors (Lipinski definition) is 3. The average Bonchev–Trinajstić information content (AvgIpc) is 2.62. The van der Waals surface area contributed by atoms with Crippen molar-refractivity contribution in [3.05, 3.63) is 29.8 Å². The number of carbonyl (C=O) groups excluding carboxylic acids is 1. The summed E-state index contributed by atoms with van der Waals surface area (Å²) in [5, 5.41) is 11.8. The highest BCUT2D eigenvalue weighted by Crippen LogP contribution is 2.21. The maximum Gasteiger partial charge on any atom is 0.243 e. The Bertz CT molecular complexity index is 475. The summed E-state index contributed by atoms with van der Waals surface area (Å²) in [6.07, 6.45) is 2.13. The van der Waals surface area contributed by atoms with E-state index in [0.717, 1.165) is 25.1 Å². The molecule has 0 bridgehead atoms. The molecule has 1 unspecified atom stereocenters. The standard InChI is InChI=1S/C15H19N3O/c1-2-12-4-6-13(7-5-12)18-11-3-10-17-15(19)14(18)8-9-16/h4-7,14H,2-3,8,10-11H2,1H3,(H,17,19). The van der Waals surface area contributed by atoms with E-state index in [0.29, 0.717) is 6.54 Å². The van der Waals surface area contributed by atoms with Crippen LogP contribution in [0.15, 0.2) is 24.3 Å². The molecule has 1 saturated heterocycles. The van der Waals surface area contributed by atoms with Gasteiger partial charge in [0.2, 0.25) is 5.91 Å². The zero-order chi connectivity index (χ0) is 13.7. The zero-order valence-electron chi connectivity index (χ0n) is 11.2. The Morgan fingerprint density at radius 1 is 1.42 bits per heavy atom. The molecule has 4 heteroatoms. The van der Waals surface area contributed by atoms with Gasteiger partial charge in [-0.15, -0.1) is 0 Å². The fraction of sp³-hybridized carbons (Fsp3) is 0.467. The minimum absolute atomic E-state index is 0.0429. The first-order valence-corrected chi connectivity index (χ1v) is 6.76. The molecule has 1 aliphatic rings. The summed E-state index contributed by atoms with van der Waals surface area (Å²) in [5.41, 5.74) is 2.30. The lowest BCUT2D eigenvalue weighted by Crippen LogP contribution is -2.44. The maximum absolute atomic E-state index is 12.0. The smallest absolute Gasteiger partial charge is 0.243 e. The molecule has 0 aromatic heterocycles. The first-order chi connectivity index (χ1) is 9.26. The van der Waals surface area contributed by atoms with Crippen molar-refractivity contribution in [3.8, 4) is 6.07 Å². The second-order valence-corrected chi connectivity index (χ2v) is 4.74. The van der Waals surface area contributed by atoms with Gasteiger partial charge in [-0.05, 0) is 30.5 Å². The van der Waals surface area contributed by atoms with Gasteiger partial charge in [-0.25, -0.2) is 0 Å². The lowest BCUT2D eigenvalue weighted by molar-refractivity contribution is -0.121. The molecule has 1 aromatic rings. The molecule has 1 heterocycles. The van der Waals surface area contributed by atoms with Crippen LogP contribution in [-0.2, 0) is 11.2 Å². The molecular weight excluding hydrogens is 238 g/mol. The van der Waals surface area contributed by atoms with Gasteiger partial charge in [0.1, 0.15) is 6.04 Å². The average molecular weight is 257 g/mol. The molecule has 1 amide bonds. The highest BCUT2D eigenvalue weighted by molar-refractivity contribution is 5.86. The van der Waals surface area contributed by atoms with Crippen molar-refractivity contribution < 1.29 is 4.79 Å². The Balaban J connectivity index is 2.26. The Hall–Kier alpha value is -2.02. The molecule has 1 aromatic carbocycles. The molecular formula is C15H19N3O. The summed E-state index contributed by atoms with van der Waals surface area (Å²) >= 11 is 0. The van der Waals surface area contributed by atoms with E-state index < -0.39 is 0 Å². The zero-order valence-corrected chi connectivity index (χ0v) is 11.2. The largest absolute Gasteiger partial charge is 0.359 e. The molecule has 1 N–H and O–H groups in total. The van der Waals surface area contributed by atoms with Crippen molar-refractivity contribution in [1.29, 1.82) is 5.26 Å². The normalized spacial score (nSPS) is 19.5. The number of nitrogens with one attached hydrogen (secondary N) is 1. The van der Waals surface area contributed by atoms with E-state index in [1.165, 1.54) is 5.56 Å². The van der Waals surface area contributed by atoms with E-state index in [1.807, 2.05) is 17.0 Å². The van der Waals surface area contributed by atoms with Gasteiger partial charge in [0.25, 0.3) is 0 Å². The van der Waals surface area contributed by atoms with Gasteiger partial charge >= 0.3 is 0 Å². The minimum Gasteiger partial charge on any atom is -0.359 e. The quantitative estimate of drug-likeness (QED) is 0.899. The Morgan fingerprint density at radius 2 is 2.16 bits per heavy atom. The van der Waals surface area contributed by atoms with Crippen molar-refractivity contribution in [2.24, 2.45) is 0 Å². The van der Waals surface area contributed by atoms with Gasteiger partial charge in [0, 0.05) is 18.8 Å². The van der Waals surface area contributed by atoms with E-state index in [9.17, 15) is 4.79 Å². The molecule has 0 spiro atoms. The van der Waals surface area contributed by atoms with Crippen molar-refractivity contribution in [3.63, 3.8) is 0 Å². The molecule has 100 valence electrons. The number of amides is 1. The number of carbonyl (C=O) groups is 1. The molecule has 2 rings (SSSR count). The fourth-order valence-corrected chi connectivity index (χ4v) is 2.40. The van der Waals surface area contributed by atoms with E-state index in [1.54, 1.807) is 0 Å². The van der Waals surface area contributed by atoms with Crippen LogP contribution in [0.3, 0.4) is 0 Å². The molecule has 1 aliphatic heterocycles. The number of aryl methyl sites for hydroxylation is 1. The third-order valence-corrected chi connectivity index (χ3v) is 3.51. The highest BCUT2D eigenvalue weighted by atomic mass is 16.2. The van der Waals surface area contributed by atoms with Gasteiger partial charge in [-0.2, -0.15) is 5.26 Å². The van der Waals surface area contributed by atoms with Crippen molar-refractivity contribution in [2.45, 2.75) is 32.2 Å². The predicted octanol–water partition coefficient (Wildman–Crippen LogP) is 1.86. The van der Waals surface area contributed by atoms with Gasteiger partial charge in [0.15, 0.2) is 0 Å². The predicted molar refractivity (Wildman–Crippen MR) is 74.8 cm³/mol. The molecule has 0 aliphatic carbocycles. The fourth-order valence-electron chi connectivity index (χ4n) is 2.40. The lowest BCUT2D eigenvalue weighted by atomic mass is 10.1. The van der Waals surface area contributed by atoms with Crippen LogP contribution in [0.25, 0.3) is 0 Å². The minimum atomic E-state index is -0.375. The SMILES string of the molecule is CCc1ccc(N2CCCNC(=O)C2CC#N)cc1. The van der Waals surface area contributed by atoms with Crippen LogP contribution in [-0.4, -0.2) is 25.0 Å².